The van der Waals surface area contributed by atoms with E-state index in [1.165, 1.54) is 38.5 Å². The number of oxime groups is 1. The summed E-state index contributed by atoms with van der Waals surface area (Å²) in [5, 5.41) is 5.13. The van der Waals surface area contributed by atoms with Gasteiger partial charge in [-0.2, -0.15) is 8.42 Å². The van der Waals surface area contributed by atoms with Crippen molar-refractivity contribution in [2.24, 2.45) is 16.1 Å². The van der Waals surface area contributed by atoms with Crippen LogP contribution in [0.3, 0.4) is 0 Å². The van der Waals surface area contributed by atoms with Crippen molar-refractivity contribution in [3.63, 3.8) is 0 Å². The summed E-state index contributed by atoms with van der Waals surface area (Å²) in [6.07, 6.45) is 8.21. The van der Waals surface area contributed by atoms with Crippen LogP contribution >= 0.6 is 0 Å². The van der Waals surface area contributed by atoms with E-state index >= 15 is 0 Å². The van der Waals surface area contributed by atoms with Crippen LogP contribution < -0.4 is 4.74 Å². The van der Waals surface area contributed by atoms with Crippen LogP contribution in [-0.2, 0) is 19.1 Å². The van der Waals surface area contributed by atoms with Crippen molar-refractivity contribution in [1.29, 1.82) is 0 Å². The van der Waals surface area contributed by atoms with Gasteiger partial charge in [0.1, 0.15) is 18.4 Å². The van der Waals surface area contributed by atoms with Crippen molar-refractivity contribution in [2.75, 3.05) is 19.5 Å². The van der Waals surface area contributed by atoms with Gasteiger partial charge in [0.15, 0.2) is 12.1 Å². The van der Waals surface area contributed by atoms with E-state index in [0.717, 1.165) is 17.4 Å². The Morgan fingerprint density at radius 1 is 1.12 bits per heavy atom. The molecule has 4 rings (SSSR count). The lowest BCUT2D eigenvalue weighted by Gasteiger charge is -2.22. The molecule has 0 saturated heterocycles. The van der Waals surface area contributed by atoms with Crippen LogP contribution in [-0.4, -0.2) is 51.8 Å². The second-order valence-corrected chi connectivity index (χ2v) is 9.72. The maximum absolute atomic E-state index is 13.4. The lowest BCUT2D eigenvalue weighted by atomic mass is 9.90. The number of ether oxygens (including phenoxy) is 2. The molecule has 170 valence electrons. The van der Waals surface area contributed by atoms with Crippen LogP contribution in [0.5, 0.6) is 5.75 Å². The molecule has 0 aromatic heterocycles. The first-order valence-electron chi connectivity index (χ1n) is 10.7. The summed E-state index contributed by atoms with van der Waals surface area (Å²) >= 11 is 0. The number of benzene rings is 2. The van der Waals surface area contributed by atoms with Gasteiger partial charge in [-0.3, -0.25) is 9.08 Å². The molecule has 1 fully saturated rings. The number of nitrogens with zero attached hydrogens (tertiary/aromatic N) is 2. The Bertz CT molecular complexity index is 1150. The monoisotopic (exact) mass is 458 g/mol. The molecule has 0 N–H and O–H groups in total. The van der Waals surface area contributed by atoms with Crippen LogP contribution in [0.1, 0.15) is 42.5 Å². The SMILES string of the molecule is CS(=O)(=O)O/N=C(/C(=O)c1ccc(OCC2CCCCC2)c2ccccc12)C1COC=N1. The molecular formula is C23H26N2O6S. The standard InChI is InChI=1S/C23H26N2O6S/c1-32(27,28)31-25-22(20-14-29-15-24-20)23(26)19-11-12-21(18-10-6-5-9-17(18)19)30-13-16-7-3-2-4-8-16/h5-6,9-12,15-16,20H,2-4,7-8,13-14H2,1H3/b25-22+. The zero-order valence-electron chi connectivity index (χ0n) is 17.9. The number of fused-ring (bicyclic) bond motifs is 1. The van der Waals surface area contributed by atoms with E-state index in [1.807, 2.05) is 24.3 Å². The lowest BCUT2D eigenvalue weighted by molar-refractivity contribution is 0.106. The predicted molar refractivity (Wildman–Crippen MR) is 122 cm³/mol. The molecule has 32 heavy (non-hydrogen) atoms. The molecule has 0 amide bonds. The largest absolute Gasteiger partial charge is 0.493 e. The number of aliphatic imine (C=N–C) groups is 1. The van der Waals surface area contributed by atoms with Gasteiger partial charge in [-0.05, 0) is 36.3 Å². The van der Waals surface area contributed by atoms with Crippen molar-refractivity contribution in [3.8, 4) is 5.75 Å². The van der Waals surface area contributed by atoms with Crippen molar-refractivity contribution in [2.45, 2.75) is 38.1 Å². The lowest BCUT2D eigenvalue weighted by Crippen LogP contribution is -2.29. The van der Waals surface area contributed by atoms with Crippen LogP contribution in [0.2, 0.25) is 0 Å². The Kier molecular flexibility index (Phi) is 6.74. The van der Waals surface area contributed by atoms with Crippen molar-refractivity contribution in [1.82, 2.24) is 0 Å². The average Bonchev–Trinajstić information content (AvgIpc) is 3.32. The third kappa shape index (κ3) is 5.27. The molecule has 1 unspecified atom stereocenters. The molecule has 1 aliphatic carbocycles. The fraction of sp³-hybridized carbons (Fsp3) is 0.435. The van der Waals surface area contributed by atoms with Gasteiger partial charge in [0.2, 0.25) is 5.78 Å². The maximum Gasteiger partial charge on any atom is 0.325 e. The molecule has 0 bridgehead atoms. The summed E-state index contributed by atoms with van der Waals surface area (Å²) in [5.41, 5.74) is 0.230. The topological polar surface area (TPSA) is 104 Å². The second kappa shape index (κ2) is 9.68. The van der Waals surface area contributed by atoms with Gasteiger partial charge >= 0.3 is 10.1 Å². The Balaban J connectivity index is 1.65. The fourth-order valence-corrected chi connectivity index (χ4v) is 4.32. The molecule has 1 heterocycles. The zero-order valence-corrected chi connectivity index (χ0v) is 18.7. The summed E-state index contributed by atoms with van der Waals surface area (Å²) < 4.78 is 38.7. The molecule has 8 nitrogen and oxygen atoms in total. The Morgan fingerprint density at radius 3 is 2.56 bits per heavy atom. The van der Waals surface area contributed by atoms with Crippen LogP contribution in [0.4, 0.5) is 0 Å². The van der Waals surface area contributed by atoms with E-state index in [-0.39, 0.29) is 12.3 Å². The van der Waals surface area contributed by atoms with Gasteiger partial charge in [0, 0.05) is 10.9 Å². The van der Waals surface area contributed by atoms with E-state index in [0.29, 0.717) is 23.5 Å². The molecule has 1 atom stereocenters. The molecule has 0 radical (unpaired) electrons. The van der Waals surface area contributed by atoms with Gasteiger partial charge in [0.05, 0.1) is 12.9 Å². The first kappa shape index (κ1) is 22.3. The normalized spacial score (nSPS) is 19.7. The van der Waals surface area contributed by atoms with Crippen molar-refractivity contribution < 1.29 is 27.0 Å². The van der Waals surface area contributed by atoms with Crippen LogP contribution in [0.15, 0.2) is 46.5 Å². The molecule has 2 aliphatic rings. The highest BCUT2D eigenvalue weighted by Gasteiger charge is 2.29. The second-order valence-electron chi connectivity index (χ2n) is 8.16. The molecule has 9 heteroatoms. The Hall–Kier alpha value is -2.94. The smallest absolute Gasteiger partial charge is 0.325 e. The van der Waals surface area contributed by atoms with Gasteiger partial charge in [-0.25, -0.2) is 4.99 Å². The first-order valence-corrected chi connectivity index (χ1v) is 12.5. The van der Waals surface area contributed by atoms with Crippen LogP contribution in [0.25, 0.3) is 10.8 Å². The predicted octanol–water partition coefficient (Wildman–Crippen LogP) is 3.74. The van der Waals surface area contributed by atoms with Crippen molar-refractivity contribution in [3.05, 3.63) is 42.0 Å². The van der Waals surface area contributed by atoms with E-state index in [1.54, 1.807) is 12.1 Å². The van der Waals surface area contributed by atoms with E-state index in [9.17, 15) is 13.2 Å². The molecule has 0 spiro atoms. The van der Waals surface area contributed by atoms with Gasteiger partial charge in [-0.1, -0.05) is 48.7 Å². The first-order chi connectivity index (χ1) is 15.4. The third-order valence-corrected chi connectivity index (χ3v) is 6.06. The Labute approximate surface area is 187 Å². The highest BCUT2D eigenvalue weighted by molar-refractivity contribution is 7.85. The number of ketones is 1. The quantitative estimate of drug-likeness (QED) is 0.339. The summed E-state index contributed by atoms with van der Waals surface area (Å²) in [7, 11) is -3.88. The summed E-state index contributed by atoms with van der Waals surface area (Å²) in [4.78, 5) is 17.5. The van der Waals surface area contributed by atoms with E-state index < -0.39 is 21.9 Å². The highest BCUT2D eigenvalue weighted by atomic mass is 32.2. The summed E-state index contributed by atoms with van der Waals surface area (Å²) in [6.45, 7) is 0.735. The molecule has 2 aromatic carbocycles. The van der Waals surface area contributed by atoms with Gasteiger partial charge in [0.25, 0.3) is 0 Å². The number of carbonyl (C=O) groups excluding carboxylic acids is 1. The minimum absolute atomic E-state index is 0.0816. The third-order valence-electron chi connectivity index (χ3n) is 5.72. The summed E-state index contributed by atoms with van der Waals surface area (Å²) in [6, 6.07) is 10.2. The molecule has 1 saturated carbocycles. The summed E-state index contributed by atoms with van der Waals surface area (Å²) in [5.74, 6) is 0.795. The maximum atomic E-state index is 13.4. The molecular weight excluding hydrogens is 432 g/mol. The highest BCUT2D eigenvalue weighted by Crippen LogP contribution is 2.31. The zero-order chi connectivity index (χ0) is 22.6. The van der Waals surface area contributed by atoms with Gasteiger partial charge in [-0.15, -0.1) is 0 Å². The average molecular weight is 459 g/mol. The number of hydrogen-bond acceptors (Lipinski definition) is 8. The molecule has 2 aromatic rings. The van der Waals surface area contributed by atoms with Gasteiger partial charge < -0.3 is 9.47 Å². The van der Waals surface area contributed by atoms with Crippen LogP contribution in [0, 0.1) is 5.92 Å². The minimum Gasteiger partial charge on any atom is -0.493 e. The van der Waals surface area contributed by atoms with Crippen molar-refractivity contribution >= 4 is 38.8 Å². The number of hydrogen-bond donors (Lipinski definition) is 0. The number of carbonyl (C=O) groups is 1. The minimum atomic E-state index is -3.88. The Morgan fingerprint density at radius 2 is 1.88 bits per heavy atom. The molecule has 1 aliphatic heterocycles. The van der Waals surface area contributed by atoms with E-state index in [2.05, 4.69) is 14.4 Å². The fourth-order valence-electron chi connectivity index (χ4n) is 4.10. The number of Topliss-reactive ketones (excluding diaryl/α,β-unsaturated/α-hetero) is 1. The number of rotatable bonds is 8. The van der Waals surface area contributed by atoms with E-state index in [4.69, 9.17) is 9.47 Å².